The number of carbonyl (C=O) groups is 1. The number of H-pyrrole nitrogens is 1. The molecular formula is C25H23N7O2. The van der Waals surface area contributed by atoms with E-state index in [0.29, 0.717) is 24.4 Å². The van der Waals surface area contributed by atoms with Crippen molar-refractivity contribution >= 4 is 16.9 Å². The van der Waals surface area contributed by atoms with Crippen molar-refractivity contribution in [1.29, 1.82) is 0 Å². The largest absolute Gasteiger partial charge is 0.494 e. The Hall–Kier alpha value is -4.14. The van der Waals surface area contributed by atoms with Crippen LogP contribution in [0.1, 0.15) is 57.8 Å². The first-order valence-electron chi connectivity index (χ1n) is 11.5. The molecule has 1 fully saturated rings. The van der Waals surface area contributed by atoms with Gasteiger partial charge in [0.05, 0.1) is 42.1 Å². The average molecular weight is 454 g/mol. The molecule has 1 saturated carbocycles. The Morgan fingerprint density at radius 1 is 1.18 bits per heavy atom. The summed E-state index contributed by atoms with van der Waals surface area (Å²) < 4.78 is 9.13. The number of hydrogen-bond acceptors (Lipinski definition) is 5. The van der Waals surface area contributed by atoms with E-state index >= 15 is 0 Å². The van der Waals surface area contributed by atoms with Gasteiger partial charge in [-0.25, -0.2) is 14.0 Å². The highest BCUT2D eigenvalue weighted by molar-refractivity contribution is 6.01. The van der Waals surface area contributed by atoms with Crippen molar-refractivity contribution in [2.75, 3.05) is 13.7 Å². The van der Waals surface area contributed by atoms with Crippen LogP contribution < -0.4 is 4.74 Å². The first kappa shape index (κ1) is 19.3. The molecule has 0 saturated heterocycles. The fraction of sp³-hybridized carbons (Fsp3) is 0.280. The fourth-order valence-electron chi connectivity index (χ4n) is 5.09. The molecule has 0 bridgehead atoms. The molecule has 5 aromatic heterocycles. The van der Waals surface area contributed by atoms with Gasteiger partial charge >= 0.3 is 0 Å². The summed E-state index contributed by atoms with van der Waals surface area (Å²) in [4.78, 5) is 23.6. The SMILES string of the molecule is COc1cccn2nc([C@H]3c4nc[nH]c4CCN3C(=O)c3cnn4cc(C5CC5)ccc34)cc12. The second-order valence-corrected chi connectivity index (χ2v) is 9.02. The second-order valence-electron chi connectivity index (χ2n) is 9.02. The number of carbonyl (C=O) groups excluding carboxylic acids is 1. The van der Waals surface area contributed by atoms with Crippen molar-refractivity contribution in [3.63, 3.8) is 0 Å². The van der Waals surface area contributed by atoms with Crippen molar-refractivity contribution in [2.24, 2.45) is 0 Å². The molecule has 9 nitrogen and oxygen atoms in total. The third kappa shape index (κ3) is 2.86. The van der Waals surface area contributed by atoms with Crippen molar-refractivity contribution in [2.45, 2.75) is 31.2 Å². The third-order valence-corrected chi connectivity index (χ3v) is 6.99. The van der Waals surface area contributed by atoms with Gasteiger partial charge in [0.2, 0.25) is 0 Å². The summed E-state index contributed by atoms with van der Waals surface area (Å²) in [7, 11) is 1.64. The number of aromatic nitrogens is 6. The van der Waals surface area contributed by atoms with E-state index in [1.54, 1.807) is 24.1 Å². The maximum atomic E-state index is 13.9. The lowest BCUT2D eigenvalue weighted by Gasteiger charge is -2.33. The Morgan fingerprint density at radius 3 is 2.94 bits per heavy atom. The van der Waals surface area contributed by atoms with Gasteiger partial charge in [0, 0.05) is 31.1 Å². The first-order valence-corrected chi connectivity index (χ1v) is 11.5. The van der Waals surface area contributed by atoms with Gasteiger partial charge < -0.3 is 14.6 Å². The molecule has 7 rings (SSSR count). The Labute approximate surface area is 195 Å². The number of nitrogens with zero attached hydrogens (tertiary/aromatic N) is 6. The van der Waals surface area contributed by atoms with Crippen LogP contribution in [0.3, 0.4) is 0 Å². The van der Waals surface area contributed by atoms with E-state index in [4.69, 9.17) is 9.84 Å². The zero-order valence-electron chi connectivity index (χ0n) is 18.7. The molecule has 1 N–H and O–H groups in total. The van der Waals surface area contributed by atoms with Crippen LogP contribution in [0.4, 0.5) is 0 Å². The summed E-state index contributed by atoms with van der Waals surface area (Å²) >= 11 is 0. The summed E-state index contributed by atoms with van der Waals surface area (Å²) in [6.45, 7) is 0.557. The molecule has 6 heterocycles. The van der Waals surface area contributed by atoms with Crippen LogP contribution in [0, 0.1) is 0 Å². The Kier molecular flexibility index (Phi) is 4.08. The highest BCUT2D eigenvalue weighted by atomic mass is 16.5. The summed E-state index contributed by atoms with van der Waals surface area (Å²) in [6, 6.07) is 9.50. The zero-order chi connectivity index (χ0) is 22.8. The molecule has 1 atom stereocenters. The van der Waals surface area contributed by atoms with Gasteiger partial charge in [-0.05, 0) is 48.6 Å². The van der Waals surface area contributed by atoms with Gasteiger partial charge in [-0.3, -0.25) is 4.79 Å². The molecule has 0 radical (unpaired) electrons. The molecule has 5 aromatic rings. The summed E-state index contributed by atoms with van der Waals surface area (Å²) in [5.41, 5.74) is 6.15. The highest BCUT2D eigenvalue weighted by Gasteiger charge is 2.37. The molecule has 0 aromatic carbocycles. The first-order chi connectivity index (χ1) is 16.7. The molecule has 1 amide bonds. The highest BCUT2D eigenvalue weighted by Crippen LogP contribution is 2.40. The lowest BCUT2D eigenvalue weighted by Crippen LogP contribution is -2.41. The van der Waals surface area contributed by atoms with E-state index < -0.39 is 6.04 Å². The van der Waals surface area contributed by atoms with E-state index in [1.807, 2.05) is 39.9 Å². The van der Waals surface area contributed by atoms with Gasteiger partial charge in [0.15, 0.2) is 0 Å². The number of rotatable bonds is 4. The van der Waals surface area contributed by atoms with Gasteiger partial charge in [0.25, 0.3) is 5.91 Å². The Morgan fingerprint density at radius 2 is 2.09 bits per heavy atom. The number of aromatic amines is 1. The van der Waals surface area contributed by atoms with Crippen molar-refractivity contribution < 1.29 is 9.53 Å². The maximum Gasteiger partial charge on any atom is 0.258 e. The number of methoxy groups -OCH3 is 1. The van der Waals surface area contributed by atoms with Crippen LogP contribution in [0.5, 0.6) is 5.75 Å². The van der Waals surface area contributed by atoms with Gasteiger partial charge in [-0.2, -0.15) is 10.2 Å². The molecule has 0 unspecified atom stereocenters. The maximum absolute atomic E-state index is 13.9. The van der Waals surface area contributed by atoms with Crippen LogP contribution in [-0.2, 0) is 6.42 Å². The summed E-state index contributed by atoms with van der Waals surface area (Å²) in [5.74, 6) is 1.28. The minimum atomic E-state index is -0.409. The molecule has 1 aliphatic carbocycles. The zero-order valence-corrected chi connectivity index (χ0v) is 18.7. The molecule has 9 heteroatoms. The van der Waals surface area contributed by atoms with Gasteiger partial charge in [0.1, 0.15) is 17.3 Å². The number of ether oxygens (including phenoxy) is 1. The number of fused-ring (bicyclic) bond motifs is 3. The van der Waals surface area contributed by atoms with Crippen LogP contribution in [0.25, 0.3) is 11.0 Å². The summed E-state index contributed by atoms with van der Waals surface area (Å²) in [5, 5.41) is 9.31. The van der Waals surface area contributed by atoms with Crippen LogP contribution >= 0.6 is 0 Å². The van der Waals surface area contributed by atoms with Crippen molar-refractivity contribution in [3.05, 3.63) is 83.5 Å². The number of imidazole rings is 1. The number of amides is 1. The van der Waals surface area contributed by atoms with E-state index in [2.05, 4.69) is 27.3 Å². The molecule has 0 spiro atoms. The van der Waals surface area contributed by atoms with Gasteiger partial charge in [-0.1, -0.05) is 6.07 Å². The van der Waals surface area contributed by atoms with E-state index in [1.165, 1.54) is 18.4 Å². The lowest BCUT2D eigenvalue weighted by atomic mass is 9.98. The van der Waals surface area contributed by atoms with E-state index in [0.717, 1.165) is 33.9 Å². The van der Waals surface area contributed by atoms with Crippen molar-refractivity contribution in [3.8, 4) is 5.75 Å². The standard InChI is InChI=1S/C25H23N7O2/c1-34-22-3-2-9-31-21(22)11-19(29-31)24-23-18(26-14-27-23)8-10-30(24)25(33)17-12-28-32-13-16(15-4-5-15)6-7-20(17)32/h2-3,6-7,9,11-15,24H,4-5,8,10H2,1H3,(H,26,27)/t24-/m0/s1. The van der Waals surface area contributed by atoms with Crippen molar-refractivity contribution in [1.82, 2.24) is 34.1 Å². The Balaban J connectivity index is 1.33. The van der Waals surface area contributed by atoms with Crippen LogP contribution in [0.15, 0.2) is 55.2 Å². The number of nitrogens with one attached hydrogen (secondary N) is 1. The topological polar surface area (TPSA) is 92.8 Å². The van der Waals surface area contributed by atoms with Gasteiger partial charge in [-0.15, -0.1) is 0 Å². The molecule has 34 heavy (non-hydrogen) atoms. The monoisotopic (exact) mass is 453 g/mol. The fourth-order valence-corrected chi connectivity index (χ4v) is 5.09. The summed E-state index contributed by atoms with van der Waals surface area (Å²) in [6.07, 6.45) is 10.5. The van der Waals surface area contributed by atoms with E-state index in [-0.39, 0.29) is 5.91 Å². The number of pyridine rings is 2. The Bertz CT molecular complexity index is 1560. The van der Waals surface area contributed by atoms with Crippen LogP contribution in [-0.4, -0.2) is 53.7 Å². The smallest absolute Gasteiger partial charge is 0.258 e. The molecule has 170 valence electrons. The predicted octanol–water partition coefficient (Wildman–Crippen LogP) is 3.38. The molecule has 1 aliphatic heterocycles. The minimum Gasteiger partial charge on any atom is -0.494 e. The quantitative estimate of drug-likeness (QED) is 0.450. The minimum absolute atomic E-state index is 0.0724. The third-order valence-electron chi connectivity index (χ3n) is 6.99. The number of hydrogen-bond donors (Lipinski definition) is 1. The lowest BCUT2D eigenvalue weighted by molar-refractivity contribution is 0.0689. The van der Waals surface area contributed by atoms with Crippen LogP contribution in [0.2, 0.25) is 0 Å². The molecule has 2 aliphatic rings. The second kappa shape index (κ2) is 7.18. The molecular weight excluding hydrogens is 430 g/mol. The average Bonchev–Trinajstić information content (AvgIpc) is 3.27. The normalized spacial score (nSPS) is 17.9. The van der Waals surface area contributed by atoms with E-state index in [9.17, 15) is 4.79 Å². The predicted molar refractivity (Wildman–Crippen MR) is 124 cm³/mol.